The predicted octanol–water partition coefficient (Wildman–Crippen LogP) is 1.40. The molecule has 0 saturated heterocycles. The highest BCUT2D eigenvalue weighted by atomic mass is 16.5. The number of ether oxygens (including phenoxy) is 1. The van der Waals surface area contributed by atoms with Gasteiger partial charge in [0.25, 0.3) is 0 Å². The third kappa shape index (κ3) is 3.49. The first kappa shape index (κ1) is 11.7. The molecule has 9 heavy (non-hydrogen) atoms. The van der Waals surface area contributed by atoms with Gasteiger partial charge >= 0.3 is 0 Å². The smallest absolute Gasteiger partial charge is 0.0769 e. The van der Waals surface area contributed by atoms with Gasteiger partial charge in [0.05, 0.1) is 5.60 Å². The third-order valence-corrected chi connectivity index (χ3v) is 1.67. The average molecular weight is 133 g/mol. The Morgan fingerprint density at radius 1 is 1.56 bits per heavy atom. The van der Waals surface area contributed by atoms with E-state index in [1.165, 1.54) is 0 Å². The van der Waals surface area contributed by atoms with Crippen LogP contribution in [0.4, 0.5) is 0 Å². The van der Waals surface area contributed by atoms with Gasteiger partial charge in [0.15, 0.2) is 0 Å². The molecule has 0 aromatic rings. The standard InChI is InChI=1S/C6H15NO.CH4/c1-4-6(2,5-7)8-3;/h4-5,7H2,1-3H3;1H4. The predicted molar refractivity (Wildman–Crippen MR) is 41.5 cm³/mol. The number of hydrogen-bond acceptors (Lipinski definition) is 2. The zero-order valence-corrected chi connectivity index (χ0v) is 5.90. The van der Waals surface area contributed by atoms with Crippen LogP contribution in [0.1, 0.15) is 27.7 Å². The van der Waals surface area contributed by atoms with Crippen molar-refractivity contribution in [1.29, 1.82) is 0 Å². The minimum atomic E-state index is -0.0972. The summed E-state index contributed by atoms with van der Waals surface area (Å²) in [7, 11) is 1.69. The first-order chi connectivity index (χ1) is 3.68. The van der Waals surface area contributed by atoms with E-state index in [9.17, 15) is 0 Å². The van der Waals surface area contributed by atoms with Crippen LogP contribution < -0.4 is 5.73 Å². The molecule has 0 spiro atoms. The number of hydrogen-bond donors (Lipinski definition) is 1. The molecule has 0 rings (SSSR count). The Bertz CT molecular complexity index is 51.7. The van der Waals surface area contributed by atoms with E-state index in [4.69, 9.17) is 10.5 Å². The van der Waals surface area contributed by atoms with E-state index in [2.05, 4.69) is 6.92 Å². The van der Waals surface area contributed by atoms with Gasteiger partial charge in [0.1, 0.15) is 0 Å². The molecule has 58 valence electrons. The van der Waals surface area contributed by atoms with Crippen LogP contribution in [0.3, 0.4) is 0 Å². The maximum atomic E-state index is 5.40. The maximum Gasteiger partial charge on any atom is 0.0769 e. The van der Waals surface area contributed by atoms with E-state index in [0.717, 1.165) is 6.42 Å². The second-order valence-electron chi connectivity index (χ2n) is 2.21. The normalized spacial score (nSPS) is 16.0. The van der Waals surface area contributed by atoms with Crippen molar-refractivity contribution in [1.82, 2.24) is 0 Å². The summed E-state index contributed by atoms with van der Waals surface area (Å²) in [6.45, 7) is 4.67. The summed E-state index contributed by atoms with van der Waals surface area (Å²) >= 11 is 0. The van der Waals surface area contributed by atoms with Gasteiger partial charge in [0, 0.05) is 13.7 Å². The van der Waals surface area contributed by atoms with Crippen molar-refractivity contribution in [3.63, 3.8) is 0 Å². The van der Waals surface area contributed by atoms with Gasteiger partial charge in [-0.3, -0.25) is 0 Å². The van der Waals surface area contributed by atoms with Crippen LogP contribution in [0.2, 0.25) is 0 Å². The summed E-state index contributed by atoms with van der Waals surface area (Å²) in [5, 5.41) is 0. The Balaban J connectivity index is 0. The Morgan fingerprint density at radius 2 is 2.00 bits per heavy atom. The fraction of sp³-hybridized carbons (Fsp3) is 1.00. The van der Waals surface area contributed by atoms with Crippen molar-refractivity contribution in [3.05, 3.63) is 0 Å². The van der Waals surface area contributed by atoms with Gasteiger partial charge < -0.3 is 10.5 Å². The number of methoxy groups -OCH3 is 1. The number of rotatable bonds is 3. The molecule has 0 aromatic carbocycles. The lowest BCUT2D eigenvalue weighted by Crippen LogP contribution is -2.35. The molecular formula is C7H19NO. The fourth-order valence-electron chi connectivity index (χ4n) is 0.372. The van der Waals surface area contributed by atoms with E-state index in [1.54, 1.807) is 7.11 Å². The zero-order chi connectivity index (χ0) is 6.62. The lowest BCUT2D eigenvalue weighted by Gasteiger charge is -2.23. The summed E-state index contributed by atoms with van der Waals surface area (Å²) in [5.74, 6) is 0. The summed E-state index contributed by atoms with van der Waals surface area (Å²) in [4.78, 5) is 0. The average Bonchev–Trinajstić information content (AvgIpc) is 1.87. The molecule has 0 fully saturated rings. The van der Waals surface area contributed by atoms with Crippen molar-refractivity contribution in [2.75, 3.05) is 13.7 Å². The van der Waals surface area contributed by atoms with Crippen molar-refractivity contribution < 1.29 is 4.74 Å². The van der Waals surface area contributed by atoms with Crippen molar-refractivity contribution in [3.8, 4) is 0 Å². The maximum absolute atomic E-state index is 5.40. The van der Waals surface area contributed by atoms with E-state index < -0.39 is 0 Å². The highest BCUT2D eigenvalue weighted by Gasteiger charge is 2.17. The molecule has 0 aliphatic heterocycles. The lowest BCUT2D eigenvalue weighted by atomic mass is 10.0. The minimum absolute atomic E-state index is 0. The Kier molecular flexibility index (Phi) is 6.19. The van der Waals surface area contributed by atoms with Gasteiger partial charge in [-0.1, -0.05) is 14.4 Å². The van der Waals surface area contributed by atoms with Gasteiger partial charge in [-0.2, -0.15) is 0 Å². The fourth-order valence-corrected chi connectivity index (χ4v) is 0.372. The van der Waals surface area contributed by atoms with Crippen LogP contribution in [0, 0.1) is 0 Å². The largest absolute Gasteiger partial charge is 0.377 e. The zero-order valence-electron chi connectivity index (χ0n) is 5.90. The molecule has 0 bridgehead atoms. The van der Waals surface area contributed by atoms with Crippen molar-refractivity contribution >= 4 is 0 Å². The first-order valence-corrected chi connectivity index (χ1v) is 2.93. The highest BCUT2D eigenvalue weighted by Crippen LogP contribution is 2.10. The van der Waals surface area contributed by atoms with E-state index in [1.807, 2.05) is 6.92 Å². The summed E-state index contributed by atoms with van der Waals surface area (Å²) in [6, 6.07) is 0. The van der Waals surface area contributed by atoms with Crippen molar-refractivity contribution in [2.24, 2.45) is 5.73 Å². The summed E-state index contributed by atoms with van der Waals surface area (Å²) in [5.41, 5.74) is 5.31. The van der Waals surface area contributed by atoms with Crippen LogP contribution >= 0.6 is 0 Å². The molecular weight excluding hydrogens is 114 g/mol. The van der Waals surface area contributed by atoms with Gasteiger partial charge in [0.2, 0.25) is 0 Å². The third-order valence-electron chi connectivity index (χ3n) is 1.67. The molecule has 2 N–H and O–H groups in total. The highest BCUT2D eigenvalue weighted by molar-refractivity contribution is 4.72. The van der Waals surface area contributed by atoms with Crippen LogP contribution in [-0.2, 0) is 4.74 Å². The quantitative estimate of drug-likeness (QED) is 0.631. The second-order valence-corrected chi connectivity index (χ2v) is 2.21. The minimum Gasteiger partial charge on any atom is -0.377 e. The molecule has 0 saturated carbocycles. The summed E-state index contributed by atoms with van der Waals surface area (Å²) in [6.07, 6.45) is 0.972. The Labute approximate surface area is 58.4 Å². The molecule has 0 aliphatic carbocycles. The first-order valence-electron chi connectivity index (χ1n) is 2.93. The van der Waals surface area contributed by atoms with Crippen LogP contribution in [0.5, 0.6) is 0 Å². The van der Waals surface area contributed by atoms with E-state index in [-0.39, 0.29) is 13.0 Å². The van der Waals surface area contributed by atoms with Gasteiger partial charge in [-0.05, 0) is 13.3 Å². The molecule has 2 heteroatoms. The molecule has 0 radical (unpaired) electrons. The Morgan fingerprint density at radius 3 is 2.00 bits per heavy atom. The Hall–Kier alpha value is -0.0800. The van der Waals surface area contributed by atoms with E-state index >= 15 is 0 Å². The van der Waals surface area contributed by atoms with Gasteiger partial charge in [-0.25, -0.2) is 0 Å². The van der Waals surface area contributed by atoms with E-state index in [0.29, 0.717) is 6.54 Å². The monoisotopic (exact) mass is 133 g/mol. The molecule has 2 nitrogen and oxygen atoms in total. The van der Waals surface area contributed by atoms with Crippen molar-refractivity contribution in [2.45, 2.75) is 33.3 Å². The summed E-state index contributed by atoms with van der Waals surface area (Å²) < 4.78 is 5.11. The molecule has 0 aromatic heterocycles. The lowest BCUT2D eigenvalue weighted by molar-refractivity contribution is 0.0108. The topological polar surface area (TPSA) is 35.2 Å². The molecule has 0 amide bonds. The van der Waals surface area contributed by atoms with Crippen LogP contribution in [0.25, 0.3) is 0 Å². The molecule has 1 atom stereocenters. The molecule has 1 unspecified atom stereocenters. The van der Waals surface area contributed by atoms with Crippen LogP contribution in [0.15, 0.2) is 0 Å². The number of nitrogens with two attached hydrogens (primary N) is 1. The SMILES string of the molecule is C.CCC(C)(CN)OC. The van der Waals surface area contributed by atoms with Gasteiger partial charge in [-0.15, -0.1) is 0 Å². The molecule has 0 aliphatic rings. The van der Waals surface area contributed by atoms with Crippen LogP contribution in [-0.4, -0.2) is 19.3 Å². The molecule has 0 heterocycles. The second kappa shape index (κ2) is 4.77.